The molecular weight excluding hydrogens is 220 g/mol. The van der Waals surface area contributed by atoms with Crippen molar-refractivity contribution in [3.05, 3.63) is 0 Å². The monoisotopic (exact) mass is 242 g/mol. The summed E-state index contributed by atoms with van der Waals surface area (Å²) in [7, 11) is 1.61. The number of amides is 1. The van der Waals surface area contributed by atoms with Crippen LogP contribution in [-0.2, 0) is 14.3 Å². The van der Waals surface area contributed by atoms with Crippen LogP contribution in [0.3, 0.4) is 0 Å². The van der Waals surface area contributed by atoms with Gasteiger partial charge in [-0.1, -0.05) is 0 Å². The van der Waals surface area contributed by atoms with Gasteiger partial charge in [0.25, 0.3) is 0 Å². The van der Waals surface area contributed by atoms with E-state index in [0.29, 0.717) is 13.0 Å². The lowest BCUT2D eigenvalue weighted by Gasteiger charge is -2.41. The molecule has 17 heavy (non-hydrogen) atoms. The minimum absolute atomic E-state index is 0.138. The van der Waals surface area contributed by atoms with E-state index in [-0.39, 0.29) is 17.6 Å². The second kappa shape index (κ2) is 5.33. The van der Waals surface area contributed by atoms with Gasteiger partial charge in [-0.05, 0) is 19.3 Å². The number of piperidine rings is 1. The van der Waals surface area contributed by atoms with Gasteiger partial charge in [0.2, 0.25) is 5.91 Å². The highest BCUT2D eigenvalue weighted by Crippen LogP contribution is 2.34. The molecule has 0 aliphatic carbocycles. The third-order valence-electron chi connectivity index (χ3n) is 3.98. The molecule has 2 N–H and O–H groups in total. The van der Waals surface area contributed by atoms with E-state index in [1.165, 1.54) is 0 Å². The van der Waals surface area contributed by atoms with E-state index in [4.69, 9.17) is 15.2 Å². The molecule has 98 valence electrons. The maximum atomic E-state index is 11.8. The van der Waals surface area contributed by atoms with Crippen LogP contribution in [0.5, 0.6) is 0 Å². The first-order valence-corrected chi connectivity index (χ1v) is 6.34. The van der Waals surface area contributed by atoms with Crippen molar-refractivity contribution in [1.82, 2.24) is 4.90 Å². The Labute approximate surface area is 102 Å². The van der Waals surface area contributed by atoms with Crippen LogP contribution >= 0.6 is 0 Å². The molecule has 5 heteroatoms. The lowest BCUT2D eigenvalue weighted by Crippen LogP contribution is -2.53. The number of rotatable bonds is 3. The Morgan fingerprint density at radius 3 is 2.76 bits per heavy atom. The van der Waals surface area contributed by atoms with Gasteiger partial charge in [0.15, 0.2) is 0 Å². The molecule has 0 aromatic carbocycles. The molecule has 2 heterocycles. The summed E-state index contributed by atoms with van der Waals surface area (Å²) in [5.74, 6) is 0.174. The Balaban J connectivity index is 1.83. The van der Waals surface area contributed by atoms with Gasteiger partial charge < -0.3 is 20.1 Å². The van der Waals surface area contributed by atoms with Crippen molar-refractivity contribution in [3.8, 4) is 0 Å². The number of nitrogens with two attached hydrogens (primary N) is 1. The van der Waals surface area contributed by atoms with E-state index in [2.05, 4.69) is 0 Å². The van der Waals surface area contributed by atoms with Crippen molar-refractivity contribution in [3.63, 3.8) is 0 Å². The maximum Gasteiger partial charge on any atom is 0.224 e. The molecule has 0 bridgehead atoms. The Bertz CT molecular complexity index is 275. The van der Waals surface area contributed by atoms with E-state index >= 15 is 0 Å². The third kappa shape index (κ3) is 2.61. The summed E-state index contributed by atoms with van der Waals surface area (Å²) < 4.78 is 10.7. The summed E-state index contributed by atoms with van der Waals surface area (Å²) in [4.78, 5) is 13.7. The average Bonchev–Trinajstić information content (AvgIpc) is 2.69. The normalized spacial score (nSPS) is 27.6. The molecule has 0 radical (unpaired) electrons. The molecule has 5 nitrogen and oxygen atoms in total. The van der Waals surface area contributed by atoms with Crippen LogP contribution in [0.4, 0.5) is 0 Å². The minimum atomic E-state index is -0.155. The topological polar surface area (TPSA) is 64.8 Å². The number of nitrogens with zero attached hydrogens (tertiary/aromatic N) is 1. The summed E-state index contributed by atoms with van der Waals surface area (Å²) in [5, 5.41) is 0. The zero-order valence-electron chi connectivity index (χ0n) is 10.5. The van der Waals surface area contributed by atoms with Crippen LogP contribution in [0.15, 0.2) is 0 Å². The first-order valence-electron chi connectivity index (χ1n) is 6.34. The predicted octanol–water partition coefficient (Wildman–Crippen LogP) is 0.132. The molecule has 2 aliphatic rings. The molecule has 1 atom stereocenters. The van der Waals surface area contributed by atoms with Crippen LogP contribution in [0.1, 0.15) is 25.7 Å². The van der Waals surface area contributed by atoms with Crippen LogP contribution in [0.25, 0.3) is 0 Å². The van der Waals surface area contributed by atoms with E-state index in [0.717, 1.165) is 39.0 Å². The molecule has 1 spiro atoms. The Kier molecular flexibility index (Phi) is 4.01. The lowest BCUT2D eigenvalue weighted by atomic mass is 9.85. The predicted molar refractivity (Wildman–Crippen MR) is 63.6 cm³/mol. The Morgan fingerprint density at radius 2 is 2.24 bits per heavy atom. The number of ether oxygens (including phenoxy) is 2. The van der Waals surface area contributed by atoms with Gasteiger partial charge in [-0.2, -0.15) is 0 Å². The van der Waals surface area contributed by atoms with Gasteiger partial charge in [-0.3, -0.25) is 4.79 Å². The van der Waals surface area contributed by atoms with E-state index < -0.39 is 0 Å². The van der Waals surface area contributed by atoms with Crippen molar-refractivity contribution in [2.75, 3.05) is 33.4 Å². The fraction of sp³-hybridized carbons (Fsp3) is 0.917. The molecule has 2 saturated heterocycles. The fourth-order valence-electron chi connectivity index (χ4n) is 2.76. The zero-order chi connectivity index (χ0) is 12.3. The van der Waals surface area contributed by atoms with Gasteiger partial charge in [0.05, 0.1) is 18.6 Å². The van der Waals surface area contributed by atoms with Crippen molar-refractivity contribution in [1.29, 1.82) is 0 Å². The fourth-order valence-corrected chi connectivity index (χ4v) is 2.76. The van der Waals surface area contributed by atoms with Crippen molar-refractivity contribution in [2.45, 2.75) is 37.3 Å². The number of methoxy groups -OCH3 is 1. The molecule has 0 aromatic rings. The zero-order valence-corrected chi connectivity index (χ0v) is 10.5. The lowest BCUT2D eigenvalue weighted by molar-refractivity contribution is -0.137. The molecule has 2 rings (SSSR count). The van der Waals surface area contributed by atoms with Crippen LogP contribution in [0, 0.1) is 0 Å². The smallest absolute Gasteiger partial charge is 0.224 e. The number of likely N-dealkylation sites (tertiary alicyclic amines) is 1. The van der Waals surface area contributed by atoms with E-state index in [1.54, 1.807) is 7.11 Å². The standard InChI is InChI=1S/C12H22N2O3/c1-16-8-3-11(15)14-6-4-12(5-7-14)10(13)2-9-17-12/h10H,2-9,13H2,1H3. The van der Waals surface area contributed by atoms with E-state index in [9.17, 15) is 4.79 Å². The summed E-state index contributed by atoms with van der Waals surface area (Å²) in [6.45, 7) is 2.78. The number of hydrogen-bond acceptors (Lipinski definition) is 4. The third-order valence-corrected chi connectivity index (χ3v) is 3.98. The average molecular weight is 242 g/mol. The van der Waals surface area contributed by atoms with Crippen LogP contribution < -0.4 is 5.73 Å². The van der Waals surface area contributed by atoms with Crippen molar-refractivity contribution in [2.24, 2.45) is 5.73 Å². The number of carbonyl (C=O) groups is 1. The van der Waals surface area contributed by atoms with Crippen molar-refractivity contribution < 1.29 is 14.3 Å². The van der Waals surface area contributed by atoms with Crippen molar-refractivity contribution >= 4 is 5.91 Å². The van der Waals surface area contributed by atoms with Gasteiger partial charge in [-0.15, -0.1) is 0 Å². The SMILES string of the molecule is COCCC(=O)N1CCC2(CC1)OCCC2N. The molecule has 2 fully saturated rings. The summed E-state index contributed by atoms with van der Waals surface area (Å²) in [5.41, 5.74) is 5.94. The Hall–Kier alpha value is -0.650. The molecule has 0 aromatic heterocycles. The first-order chi connectivity index (χ1) is 8.18. The summed E-state index contributed by atoms with van der Waals surface area (Å²) in [6, 6.07) is 0.138. The second-order valence-corrected chi connectivity index (χ2v) is 4.93. The summed E-state index contributed by atoms with van der Waals surface area (Å²) in [6.07, 6.45) is 3.15. The Morgan fingerprint density at radius 1 is 1.53 bits per heavy atom. The molecule has 1 unspecified atom stereocenters. The van der Waals surface area contributed by atoms with Gasteiger partial charge in [0, 0.05) is 32.8 Å². The van der Waals surface area contributed by atoms with Gasteiger partial charge >= 0.3 is 0 Å². The van der Waals surface area contributed by atoms with Gasteiger partial charge in [0.1, 0.15) is 0 Å². The molecule has 1 amide bonds. The number of carbonyl (C=O) groups excluding carboxylic acids is 1. The maximum absolute atomic E-state index is 11.8. The molecular formula is C12H22N2O3. The highest BCUT2D eigenvalue weighted by atomic mass is 16.5. The van der Waals surface area contributed by atoms with Crippen LogP contribution in [-0.4, -0.2) is 55.9 Å². The van der Waals surface area contributed by atoms with Crippen LogP contribution in [0.2, 0.25) is 0 Å². The largest absolute Gasteiger partial charge is 0.384 e. The summed E-state index contributed by atoms with van der Waals surface area (Å²) >= 11 is 0. The molecule has 0 saturated carbocycles. The molecule has 2 aliphatic heterocycles. The highest BCUT2D eigenvalue weighted by molar-refractivity contribution is 5.76. The first kappa shape index (κ1) is 12.8. The van der Waals surface area contributed by atoms with Gasteiger partial charge in [-0.25, -0.2) is 0 Å². The van der Waals surface area contributed by atoms with E-state index in [1.807, 2.05) is 4.90 Å². The highest BCUT2D eigenvalue weighted by Gasteiger charge is 2.44. The quantitative estimate of drug-likeness (QED) is 0.764. The number of hydrogen-bond donors (Lipinski definition) is 1. The minimum Gasteiger partial charge on any atom is -0.384 e. The second-order valence-electron chi connectivity index (χ2n) is 4.93.